The van der Waals surface area contributed by atoms with Crippen molar-refractivity contribution < 1.29 is 9.53 Å². The molecule has 0 radical (unpaired) electrons. The van der Waals surface area contributed by atoms with E-state index in [9.17, 15) is 4.79 Å². The summed E-state index contributed by atoms with van der Waals surface area (Å²) >= 11 is 3.42. The van der Waals surface area contributed by atoms with Gasteiger partial charge in [-0.15, -0.1) is 0 Å². The molecule has 3 heterocycles. The molecule has 1 aliphatic heterocycles. The first-order chi connectivity index (χ1) is 10.8. The molecule has 9 heteroatoms. The molecule has 0 spiro atoms. The number of hydrogen-bond donors (Lipinski definition) is 1. The molecular weight excluding hydrogens is 364 g/mol. The zero-order valence-corrected chi connectivity index (χ0v) is 14.9. The molecule has 0 aromatic carbocycles. The lowest BCUT2D eigenvalue weighted by Gasteiger charge is -2.36. The van der Waals surface area contributed by atoms with Crippen LogP contribution in [-0.2, 0) is 4.74 Å². The number of carbonyl (C=O) groups is 1. The van der Waals surface area contributed by atoms with Gasteiger partial charge in [-0.2, -0.15) is 5.10 Å². The summed E-state index contributed by atoms with van der Waals surface area (Å²) in [6.45, 7) is 8.16. The average Bonchev–Trinajstić information content (AvgIpc) is 2.87. The molecule has 8 nitrogen and oxygen atoms in total. The van der Waals surface area contributed by atoms with E-state index in [1.807, 2.05) is 20.8 Å². The molecule has 1 aliphatic rings. The molecule has 0 aliphatic carbocycles. The van der Waals surface area contributed by atoms with Crippen molar-refractivity contribution in [2.75, 3.05) is 31.1 Å². The van der Waals surface area contributed by atoms with E-state index < -0.39 is 5.60 Å². The van der Waals surface area contributed by atoms with Gasteiger partial charge in [-0.25, -0.2) is 14.8 Å². The number of carbonyl (C=O) groups excluding carboxylic acids is 1. The van der Waals surface area contributed by atoms with Gasteiger partial charge < -0.3 is 14.5 Å². The summed E-state index contributed by atoms with van der Waals surface area (Å²) in [6.07, 6.45) is 1.25. The summed E-state index contributed by atoms with van der Waals surface area (Å²) < 4.78 is 6.11. The number of aromatic amines is 1. The van der Waals surface area contributed by atoms with Crippen LogP contribution in [0.2, 0.25) is 0 Å². The molecule has 1 fully saturated rings. The monoisotopic (exact) mass is 382 g/mol. The van der Waals surface area contributed by atoms with Crippen molar-refractivity contribution in [3.63, 3.8) is 0 Å². The van der Waals surface area contributed by atoms with Gasteiger partial charge in [0.15, 0.2) is 5.65 Å². The van der Waals surface area contributed by atoms with E-state index in [1.54, 1.807) is 4.90 Å². The Labute approximate surface area is 142 Å². The summed E-state index contributed by atoms with van der Waals surface area (Å²) in [5, 5.41) is 7.83. The Morgan fingerprint density at radius 3 is 2.61 bits per heavy atom. The van der Waals surface area contributed by atoms with Crippen LogP contribution in [0.4, 0.5) is 10.6 Å². The van der Waals surface area contributed by atoms with E-state index in [-0.39, 0.29) is 6.09 Å². The number of H-pyrrole nitrogens is 1. The minimum atomic E-state index is -0.477. The molecular formula is C14H19BrN6O2. The number of halogens is 1. The Morgan fingerprint density at radius 2 is 1.96 bits per heavy atom. The average molecular weight is 383 g/mol. The molecule has 0 saturated carbocycles. The fourth-order valence-electron chi connectivity index (χ4n) is 2.48. The Balaban J connectivity index is 1.71. The molecule has 0 atom stereocenters. The van der Waals surface area contributed by atoms with E-state index in [4.69, 9.17) is 4.74 Å². The number of nitrogens with one attached hydrogen (secondary N) is 1. The number of fused-ring (bicyclic) bond motifs is 1. The van der Waals surface area contributed by atoms with Gasteiger partial charge in [-0.1, -0.05) is 0 Å². The summed E-state index contributed by atoms with van der Waals surface area (Å²) in [5.74, 6) is 0.819. The number of aromatic nitrogens is 4. The number of ether oxygens (including phenoxy) is 1. The van der Waals surface area contributed by atoms with Gasteiger partial charge in [0, 0.05) is 26.2 Å². The second-order valence-electron chi connectivity index (χ2n) is 6.39. The van der Waals surface area contributed by atoms with Crippen molar-refractivity contribution in [3.8, 4) is 0 Å². The van der Waals surface area contributed by atoms with Crippen molar-refractivity contribution in [1.82, 2.24) is 25.1 Å². The summed E-state index contributed by atoms with van der Waals surface area (Å²) in [6, 6.07) is 0. The molecule has 0 unspecified atom stereocenters. The summed E-state index contributed by atoms with van der Waals surface area (Å²) in [7, 11) is 0. The van der Waals surface area contributed by atoms with Crippen LogP contribution in [0.25, 0.3) is 11.0 Å². The summed E-state index contributed by atoms with van der Waals surface area (Å²) in [5.41, 5.74) is 0.214. The maximum atomic E-state index is 12.1. The highest BCUT2D eigenvalue weighted by atomic mass is 79.9. The Bertz CT molecular complexity index is 718. The first-order valence-corrected chi connectivity index (χ1v) is 8.22. The standard InChI is InChI=1S/C14H19BrN6O2/c1-14(2,3)23-13(22)21-6-4-20(5-7-21)12-9-10(15)18-19-11(9)16-8-17-12/h8H,4-7H2,1-3H3,(H,16,17,18,19). The highest BCUT2D eigenvalue weighted by molar-refractivity contribution is 9.10. The Hall–Kier alpha value is -1.90. The zero-order valence-electron chi connectivity index (χ0n) is 13.3. The van der Waals surface area contributed by atoms with Gasteiger partial charge in [0.25, 0.3) is 0 Å². The lowest BCUT2D eigenvalue weighted by atomic mass is 10.2. The number of amides is 1. The van der Waals surface area contributed by atoms with E-state index >= 15 is 0 Å². The molecule has 1 saturated heterocycles. The van der Waals surface area contributed by atoms with Crippen molar-refractivity contribution in [1.29, 1.82) is 0 Å². The van der Waals surface area contributed by atoms with E-state index in [1.165, 1.54) is 6.33 Å². The van der Waals surface area contributed by atoms with Crippen LogP contribution in [0.15, 0.2) is 10.9 Å². The molecule has 3 rings (SSSR count). The molecule has 124 valence electrons. The van der Waals surface area contributed by atoms with E-state index in [0.29, 0.717) is 36.4 Å². The summed E-state index contributed by atoms with van der Waals surface area (Å²) in [4.78, 5) is 24.5. The first-order valence-electron chi connectivity index (χ1n) is 7.42. The van der Waals surface area contributed by atoms with Crippen molar-refractivity contribution in [2.45, 2.75) is 26.4 Å². The van der Waals surface area contributed by atoms with Gasteiger partial charge in [0.05, 0.1) is 5.39 Å². The smallest absolute Gasteiger partial charge is 0.410 e. The second-order valence-corrected chi connectivity index (χ2v) is 7.14. The topological polar surface area (TPSA) is 87.2 Å². The first kappa shape index (κ1) is 16.0. The van der Waals surface area contributed by atoms with E-state index in [0.717, 1.165) is 11.2 Å². The number of nitrogens with zero attached hydrogens (tertiary/aromatic N) is 5. The fraction of sp³-hybridized carbons (Fsp3) is 0.571. The Kier molecular flexibility index (Phi) is 4.13. The predicted molar refractivity (Wildman–Crippen MR) is 89.4 cm³/mol. The highest BCUT2D eigenvalue weighted by Crippen LogP contribution is 2.28. The van der Waals surface area contributed by atoms with Gasteiger partial charge in [-0.05, 0) is 36.7 Å². The SMILES string of the molecule is CC(C)(C)OC(=O)N1CCN(c2ncnc3[nH]nc(Br)c23)CC1. The highest BCUT2D eigenvalue weighted by Gasteiger charge is 2.27. The molecule has 0 bridgehead atoms. The van der Waals surface area contributed by atoms with Crippen LogP contribution in [0.1, 0.15) is 20.8 Å². The van der Waals surface area contributed by atoms with Crippen LogP contribution >= 0.6 is 15.9 Å². The molecule has 1 amide bonds. The van der Waals surface area contributed by atoms with Gasteiger partial charge in [0.1, 0.15) is 22.3 Å². The zero-order chi connectivity index (χ0) is 16.6. The maximum Gasteiger partial charge on any atom is 0.410 e. The minimum Gasteiger partial charge on any atom is -0.444 e. The van der Waals surface area contributed by atoms with Crippen LogP contribution < -0.4 is 4.90 Å². The lowest BCUT2D eigenvalue weighted by Crippen LogP contribution is -2.50. The largest absolute Gasteiger partial charge is 0.444 e. The van der Waals surface area contributed by atoms with Gasteiger partial charge in [-0.3, -0.25) is 5.10 Å². The van der Waals surface area contributed by atoms with Crippen LogP contribution in [0.5, 0.6) is 0 Å². The van der Waals surface area contributed by atoms with Crippen molar-refractivity contribution in [2.24, 2.45) is 0 Å². The lowest BCUT2D eigenvalue weighted by molar-refractivity contribution is 0.0240. The Morgan fingerprint density at radius 1 is 1.26 bits per heavy atom. The van der Waals surface area contributed by atoms with Crippen LogP contribution in [-0.4, -0.2) is 62.9 Å². The van der Waals surface area contributed by atoms with Gasteiger partial charge in [0.2, 0.25) is 0 Å². The number of hydrogen-bond acceptors (Lipinski definition) is 6. The second kappa shape index (κ2) is 5.95. The van der Waals surface area contributed by atoms with Crippen molar-refractivity contribution in [3.05, 3.63) is 10.9 Å². The van der Waals surface area contributed by atoms with Crippen LogP contribution in [0, 0.1) is 0 Å². The third kappa shape index (κ3) is 3.39. The fourth-order valence-corrected chi connectivity index (χ4v) is 2.93. The number of rotatable bonds is 1. The number of anilines is 1. The molecule has 2 aromatic rings. The van der Waals surface area contributed by atoms with Crippen molar-refractivity contribution >= 4 is 38.9 Å². The molecule has 2 aromatic heterocycles. The third-order valence-corrected chi connectivity index (χ3v) is 4.10. The molecule has 1 N–H and O–H groups in total. The maximum absolute atomic E-state index is 12.1. The normalized spacial score (nSPS) is 16.0. The third-order valence-electron chi connectivity index (χ3n) is 3.52. The molecule has 23 heavy (non-hydrogen) atoms. The van der Waals surface area contributed by atoms with E-state index in [2.05, 4.69) is 41.0 Å². The van der Waals surface area contributed by atoms with Crippen LogP contribution in [0.3, 0.4) is 0 Å². The minimum absolute atomic E-state index is 0.269. The van der Waals surface area contributed by atoms with Gasteiger partial charge >= 0.3 is 6.09 Å². The number of piperazine rings is 1. The predicted octanol–water partition coefficient (Wildman–Crippen LogP) is 2.17. The quantitative estimate of drug-likeness (QED) is 0.812.